The Morgan fingerprint density at radius 3 is 2.55 bits per heavy atom. The van der Waals surface area contributed by atoms with Gasteiger partial charge in [-0.3, -0.25) is 4.98 Å². The Hall–Kier alpha value is -1.41. The van der Waals surface area contributed by atoms with Crippen molar-refractivity contribution in [3.63, 3.8) is 0 Å². The molecule has 0 aliphatic heterocycles. The first-order valence-corrected chi connectivity index (χ1v) is 7.87. The zero-order valence-electron chi connectivity index (χ0n) is 12.0. The van der Waals surface area contributed by atoms with Crippen LogP contribution < -0.4 is 0 Å². The minimum absolute atomic E-state index is 0.334. The quantitative estimate of drug-likeness (QED) is 0.862. The Morgan fingerprint density at radius 2 is 1.75 bits per heavy atom. The standard InChI is InChI=1S/C18H23NO/c20-18(14-7-4-2-1-3-5-8-14)17-10-6-9-15-13-19-12-11-16(15)17/h6,9-14,18,20H,1-5,7-8H2. The number of aliphatic hydroxyl groups excluding tert-OH is 1. The van der Waals surface area contributed by atoms with Crippen molar-refractivity contribution in [3.05, 3.63) is 42.2 Å². The van der Waals surface area contributed by atoms with E-state index >= 15 is 0 Å². The molecular weight excluding hydrogens is 246 g/mol. The fraction of sp³-hybridized carbons (Fsp3) is 0.500. The summed E-state index contributed by atoms with van der Waals surface area (Å²) in [5.74, 6) is 0.411. The second-order valence-corrected chi connectivity index (χ2v) is 5.99. The molecule has 2 nitrogen and oxygen atoms in total. The molecule has 0 saturated heterocycles. The van der Waals surface area contributed by atoms with Gasteiger partial charge >= 0.3 is 0 Å². The third-order valence-corrected chi connectivity index (χ3v) is 4.63. The number of benzene rings is 1. The molecule has 1 fully saturated rings. The van der Waals surface area contributed by atoms with Gasteiger partial charge in [-0.15, -0.1) is 0 Å². The molecule has 1 heterocycles. The Kier molecular flexibility index (Phi) is 4.31. The lowest BCUT2D eigenvalue weighted by Crippen LogP contribution is -2.14. The maximum atomic E-state index is 10.8. The van der Waals surface area contributed by atoms with Gasteiger partial charge in [0.25, 0.3) is 0 Å². The molecule has 1 N–H and O–H groups in total. The minimum Gasteiger partial charge on any atom is -0.388 e. The SMILES string of the molecule is OC(c1cccc2cnccc12)C1CCCCCCC1. The molecular formula is C18H23NO. The summed E-state index contributed by atoms with van der Waals surface area (Å²) in [7, 11) is 0. The average molecular weight is 269 g/mol. The topological polar surface area (TPSA) is 33.1 Å². The number of nitrogens with zero attached hydrogens (tertiary/aromatic N) is 1. The summed E-state index contributed by atoms with van der Waals surface area (Å²) in [4.78, 5) is 4.17. The van der Waals surface area contributed by atoms with Gasteiger partial charge in [-0.25, -0.2) is 0 Å². The highest BCUT2D eigenvalue weighted by molar-refractivity contribution is 5.85. The molecule has 0 radical (unpaired) electrons. The van der Waals surface area contributed by atoms with Gasteiger partial charge in [0.15, 0.2) is 0 Å². The van der Waals surface area contributed by atoms with Crippen LogP contribution in [0.2, 0.25) is 0 Å². The van der Waals surface area contributed by atoms with Gasteiger partial charge in [0, 0.05) is 17.8 Å². The molecule has 1 aliphatic carbocycles. The number of fused-ring (bicyclic) bond motifs is 1. The van der Waals surface area contributed by atoms with Crippen molar-refractivity contribution in [2.24, 2.45) is 5.92 Å². The van der Waals surface area contributed by atoms with Crippen LogP contribution in [0.1, 0.15) is 56.6 Å². The molecule has 1 atom stereocenters. The van der Waals surface area contributed by atoms with Crippen LogP contribution in [-0.4, -0.2) is 10.1 Å². The first-order valence-electron chi connectivity index (χ1n) is 7.87. The summed E-state index contributed by atoms with van der Waals surface area (Å²) in [6, 6.07) is 8.20. The van der Waals surface area contributed by atoms with Crippen LogP contribution in [0.25, 0.3) is 10.8 Å². The van der Waals surface area contributed by atoms with Crippen molar-refractivity contribution in [1.82, 2.24) is 4.98 Å². The van der Waals surface area contributed by atoms with Gasteiger partial charge in [0.1, 0.15) is 0 Å². The second kappa shape index (κ2) is 6.36. The van der Waals surface area contributed by atoms with Crippen molar-refractivity contribution < 1.29 is 5.11 Å². The fourth-order valence-corrected chi connectivity index (χ4v) is 3.46. The largest absolute Gasteiger partial charge is 0.388 e. The highest BCUT2D eigenvalue weighted by Crippen LogP contribution is 2.35. The monoisotopic (exact) mass is 269 g/mol. The first kappa shape index (κ1) is 13.6. The third kappa shape index (κ3) is 2.85. The summed E-state index contributed by atoms with van der Waals surface area (Å²) >= 11 is 0. The molecule has 1 unspecified atom stereocenters. The van der Waals surface area contributed by atoms with E-state index in [-0.39, 0.29) is 6.10 Å². The van der Waals surface area contributed by atoms with Crippen LogP contribution in [0.15, 0.2) is 36.7 Å². The Bertz CT molecular complexity index is 553. The fourth-order valence-electron chi connectivity index (χ4n) is 3.46. The van der Waals surface area contributed by atoms with Crippen molar-refractivity contribution >= 4 is 10.8 Å². The van der Waals surface area contributed by atoms with Crippen LogP contribution in [0.4, 0.5) is 0 Å². The maximum Gasteiger partial charge on any atom is 0.0824 e. The van der Waals surface area contributed by atoms with E-state index in [4.69, 9.17) is 0 Å². The first-order chi connectivity index (χ1) is 9.86. The van der Waals surface area contributed by atoms with E-state index in [1.807, 2.05) is 24.5 Å². The molecule has 0 bridgehead atoms. The minimum atomic E-state index is -0.334. The summed E-state index contributed by atoms with van der Waals surface area (Å²) in [5.41, 5.74) is 1.08. The van der Waals surface area contributed by atoms with Crippen molar-refractivity contribution in [2.45, 2.75) is 51.0 Å². The number of aromatic nitrogens is 1. The van der Waals surface area contributed by atoms with Gasteiger partial charge in [0.05, 0.1) is 6.10 Å². The Labute approximate surface area is 120 Å². The molecule has 0 amide bonds. The molecule has 2 aromatic rings. The lowest BCUT2D eigenvalue weighted by molar-refractivity contribution is 0.0925. The molecule has 3 rings (SSSR count). The summed E-state index contributed by atoms with van der Waals surface area (Å²) < 4.78 is 0. The Balaban J connectivity index is 1.89. The van der Waals surface area contributed by atoms with Crippen molar-refractivity contribution in [2.75, 3.05) is 0 Å². The van der Waals surface area contributed by atoms with E-state index in [0.717, 1.165) is 29.2 Å². The smallest absolute Gasteiger partial charge is 0.0824 e. The van der Waals surface area contributed by atoms with Gasteiger partial charge in [-0.1, -0.05) is 50.3 Å². The summed E-state index contributed by atoms with van der Waals surface area (Å²) in [6.45, 7) is 0. The predicted molar refractivity (Wildman–Crippen MR) is 82.5 cm³/mol. The third-order valence-electron chi connectivity index (χ3n) is 4.63. The molecule has 2 heteroatoms. The van der Waals surface area contributed by atoms with Crippen molar-refractivity contribution in [3.8, 4) is 0 Å². The molecule has 1 saturated carbocycles. The van der Waals surface area contributed by atoms with Gasteiger partial charge in [0.2, 0.25) is 0 Å². The zero-order chi connectivity index (χ0) is 13.8. The second-order valence-electron chi connectivity index (χ2n) is 5.99. The highest BCUT2D eigenvalue weighted by atomic mass is 16.3. The number of pyridine rings is 1. The summed E-state index contributed by atoms with van der Waals surface area (Å²) in [5, 5.41) is 13.1. The lowest BCUT2D eigenvalue weighted by atomic mass is 9.83. The van der Waals surface area contributed by atoms with E-state index in [9.17, 15) is 5.11 Å². The van der Waals surface area contributed by atoms with Crippen molar-refractivity contribution in [1.29, 1.82) is 0 Å². The summed E-state index contributed by atoms with van der Waals surface area (Å²) in [6.07, 6.45) is 12.2. The molecule has 0 spiro atoms. The average Bonchev–Trinajstić information content (AvgIpc) is 2.46. The van der Waals surface area contributed by atoms with E-state index in [2.05, 4.69) is 17.1 Å². The van der Waals surface area contributed by atoms with Crippen LogP contribution in [-0.2, 0) is 0 Å². The molecule has 1 aromatic heterocycles. The van der Waals surface area contributed by atoms with Crippen LogP contribution in [0, 0.1) is 5.92 Å². The molecule has 1 aliphatic rings. The van der Waals surface area contributed by atoms with E-state index in [1.165, 1.54) is 32.1 Å². The number of hydrogen-bond donors (Lipinski definition) is 1. The van der Waals surface area contributed by atoms with Gasteiger partial charge in [-0.05, 0) is 35.8 Å². The highest BCUT2D eigenvalue weighted by Gasteiger charge is 2.22. The number of hydrogen-bond acceptors (Lipinski definition) is 2. The van der Waals surface area contributed by atoms with Crippen LogP contribution in [0.3, 0.4) is 0 Å². The number of rotatable bonds is 2. The van der Waals surface area contributed by atoms with Crippen LogP contribution >= 0.6 is 0 Å². The van der Waals surface area contributed by atoms with Gasteiger partial charge in [-0.2, -0.15) is 0 Å². The molecule has 20 heavy (non-hydrogen) atoms. The molecule has 106 valence electrons. The van der Waals surface area contributed by atoms with Gasteiger partial charge < -0.3 is 5.11 Å². The van der Waals surface area contributed by atoms with E-state index in [1.54, 1.807) is 0 Å². The zero-order valence-corrected chi connectivity index (χ0v) is 12.0. The lowest BCUT2D eigenvalue weighted by Gasteiger charge is -2.26. The number of aliphatic hydroxyl groups is 1. The predicted octanol–water partition coefficient (Wildman–Crippen LogP) is 4.63. The Morgan fingerprint density at radius 1 is 1.00 bits per heavy atom. The van der Waals surface area contributed by atoms with E-state index in [0.29, 0.717) is 5.92 Å². The molecule has 1 aromatic carbocycles. The maximum absolute atomic E-state index is 10.8. The van der Waals surface area contributed by atoms with E-state index < -0.39 is 0 Å². The van der Waals surface area contributed by atoms with Crippen LogP contribution in [0.5, 0.6) is 0 Å². The normalized spacial score (nSPS) is 19.4.